The fourth-order valence-electron chi connectivity index (χ4n) is 1.22. The van der Waals surface area contributed by atoms with Crippen LogP contribution in [0.5, 0.6) is 0 Å². The van der Waals surface area contributed by atoms with Gasteiger partial charge in [0.25, 0.3) is 0 Å². The van der Waals surface area contributed by atoms with Crippen molar-refractivity contribution < 1.29 is 23.7 Å². The second-order valence-electron chi connectivity index (χ2n) is 4.19. The molecule has 0 fully saturated rings. The second-order valence-corrected chi connectivity index (χ2v) is 4.19. The Morgan fingerprint density at radius 3 is 1.84 bits per heavy atom. The van der Waals surface area contributed by atoms with Crippen LogP contribution in [0.15, 0.2) is 12.2 Å². The van der Waals surface area contributed by atoms with Crippen molar-refractivity contribution in [1.29, 1.82) is 0 Å². The quantitative estimate of drug-likeness (QED) is 0.292. The molecule has 0 aliphatic rings. The van der Waals surface area contributed by atoms with Crippen LogP contribution in [0, 0.1) is 0 Å². The number of rotatable bonds is 13. The average Bonchev–Trinajstić information content (AvgIpc) is 2.39. The van der Waals surface area contributed by atoms with Crippen molar-refractivity contribution in [2.75, 3.05) is 46.8 Å². The van der Waals surface area contributed by atoms with E-state index in [9.17, 15) is 4.79 Å². The summed E-state index contributed by atoms with van der Waals surface area (Å²) in [5.74, 6) is -0.343. The summed E-state index contributed by atoms with van der Waals surface area (Å²) >= 11 is 0. The number of hydrogen-bond acceptors (Lipinski definition) is 5. The molecule has 0 heterocycles. The van der Waals surface area contributed by atoms with Crippen molar-refractivity contribution >= 4 is 5.97 Å². The minimum Gasteiger partial charge on any atom is -0.462 e. The molecule has 112 valence electrons. The SMILES string of the molecule is C=C(C)C(=O)OCCCOCCCOCCCOC. The largest absolute Gasteiger partial charge is 0.462 e. The van der Waals surface area contributed by atoms with E-state index >= 15 is 0 Å². The Balaban J connectivity index is 3.07. The summed E-state index contributed by atoms with van der Waals surface area (Å²) < 4.78 is 20.6. The molecule has 19 heavy (non-hydrogen) atoms. The van der Waals surface area contributed by atoms with E-state index in [4.69, 9.17) is 18.9 Å². The highest BCUT2D eigenvalue weighted by atomic mass is 16.5. The van der Waals surface area contributed by atoms with Gasteiger partial charge in [0.1, 0.15) is 0 Å². The molecule has 0 aromatic rings. The van der Waals surface area contributed by atoms with Crippen molar-refractivity contribution in [3.8, 4) is 0 Å². The van der Waals surface area contributed by atoms with Crippen molar-refractivity contribution in [1.82, 2.24) is 0 Å². The Labute approximate surface area is 115 Å². The van der Waals surface area contributed by atoms with Crippen LogP contribution in [0.3, 0.4) is 0 Å². The van der Waals surface area contributed by atoms with E-state index in [2.05, 4.69) is 6.58 Å². The molecular formula is C14H26O5. The first-order valence-electron chi connectivity index (χ1n) is 6.65. The van der Waals surface area contributed by atoms with Gasteiger partial charge in [-0.05, 0) is 19.8 Å². The van der Waals surface area contributed by atoms with E-state index in [-0.39, 0.29) is 5.97 Å². The first kappa shape index (κ1) is 18.1. The fraction of sp³-hybridized carbons (Fsp3) is 0.786. The van der Waals surface area contributed by atoms with Crippen LogP contribution in [0.25, 0.3) is 0 Å². The van der Waals surface area contributed by atoms with Crippen molar-refractivity contribution in [2.45, 2.75) is 26.2 Å². The first-order chi connectivity index (χ1) is 9.18. The highest BCUT2D eigenvalue weighted by Gasteiger charge is 2.01. The minimum absolute atomic E-state index is 0.343. The average molecular weight is 274 g/mol. The lowest BCUT2D eigenvalue weighted by atomic mass is 10.4. The van der Waals surface area contributed by atoms with E-state index in [0.717, 1.165) is 26.1 Å². The van der Waals surface area contributed by atoms with Gasteiger partial charge in [0, 0.05) is 52.1 Å². The molecule has 0 spiro atoms. The summed E-state index contributed by atoms with van der Waals surface area (Å²) in [5.41, 5.74) is 0.423. The van der Waals surface area contributed by atoms with Crippen LogP contribution in [0.1, 0.15) is 26.2 Å². The maximum atomic E-state index is 11.0. The second kappa shape index (κ2) is 13.5. The van der Waals surface area contributed by atoms with Gasteiger partial charge in [0.15, 0.2) is 0 Å². The van der Waals surface area contributed by atoms with Gasteiger partial charge in [-0.1, -0.05) is 6.58 Å². The topological polar surface area (TPSA) is 54.0 Å². The summed E-state index contributed by atoms with van der Waals surface area (Å²) in [5, 5.41) is 0. The van der Waals surface area contributed by atoms with Crippen LogP contribution in [-0.4, -0.2) is 52.7 Å². The molecule has 0 bridgehead atoms. The van der Waals surface area contributed by atoms with Gasteiger partial charge in [0.05, 0.1) is 6.61 Å². The molecule has 0 aromatic carbocycles. The van der Waals surface area contributed by atoms with Gasteiger partial charge in [-0.3, -0.25) is 0 Å². The zero-order valence-corrected chi connectivity index (χ0v) is 12.1. The maximum Gasteiger partial charge on any atom is 0.333 e. The smallest absolute Gasteiger partial charge is 0.333 e. The Morgan fingerprint density at radius 2 is 1.37 bits per heavy atom. The number of esters is 1. The highest BCUT2D eigenvalue weighted by Crippen LogP contribution is 1.94. The summed E-state index contributed by atoms with van der Waals surface area (Å²) in [6.45, 7) is 8.93. The molecule has 0 radical (unpaired) electrons. The first-order valence-corrected chi connectivity index (χ1v) is 6.65. The molecule has 0 rings (SSSR count). The Bertz CT molecular complexity index is 240. The molecule has 0 amide bonds. The summed E-state index contributed by atoms with van der Waals surface area (Å²) in [6.07, 6.45) is 2.50. The van der Waals surface area contributed by atoms with E-state index in [1.165, 1.54) is 0 Å². The Hall–Kier alpha value is -0.910. The monoisotopic (exact) mass is 274 g/mol. The van der Waals surface area contributed by atoms with E-state index in [1.807, 2.05) is 0 Å². The zero-order valence-electron chi connectivity index (χ0n) is 12.1. The standard InChI is InChI=1S/C14H26O5/c1-13(2)14(15)19-12-6-11-18-10-5-9-17-8-4-7-16-3/h1,4-12H2,2-3H3. The van der Waals surface area contributed by atoms with E-state index in [1.54, 1.807) is 14.0 Å². The fourth-order valence-corrected chi connectivity index (χ4v) is 1.22. The third kappa shape index (κ3) is 13.3. The molecule has 0 aliphatic carbocycles. The molecule has 0 unspecified atom stereocenters. The summed E-state index contributed by atoms with van der Waals surface area (Å²) in [7, 11) is 1.68. The van der Waals surface area contributed by atoms with Gasteiger partial charge < -0.3 is 18.9 Å². The molecule has 5 heteroatoms. The number of hydrogen-bond donors (Lipinski definition) is 0. The minimum atomic E-state index is -0.343. The lowest BCUT2D eigenvalue weighted by Crippen LogP contribution is -2.09. The summed E-state index contributed by atoms with van der Waals surface area (Å²) in [4.78, 5) is 11.0. The van der Waals surface area contributed by atoms with Gasteiger partial charge in [-0.2, -0.15) is 0 Å². The van der Waals surface area contributed by atoms with Crippen LogP contribution < -0.4 is 0 Å². The van der Waals surface area contributed by atoms with E-state index in [0.29, 0.717) is 38.4 Å². The molecule has 0 aliphatic heterocycles. The predicted octanol–water partition coefficient (Wildman–Crippen LogP) is 1.96. The van der Waals surface area contributed by atoms with Gasteiger partial charge in [0.2, 0.25) is 0 Å². The van der Waals surface area contributed by atoms with Crippen molar-refractivity contribution in [3.63, 3.8) is 0 Å². The van der Waals surface area contributed by atoms with Gasteiger partial charge in [-0.15, -0.1) is 0 Å². The molecular weight excluding hydrogens is 248 g/mol. The molecule has 0 saturated carbocycles. The maximum absolute atomic E-state index is 11.0. The lowest BCUT2D eigenvalue weighted by molar-refractivity contribution is -0.139. The summed E-state index contributed by atoms with van der Waals surface area (Å²) in [6, 6.07) is 0. The normalized spacial score (nSPS) is 10.4. The van der Waals surface area contributed by atoms with Crippen molar-refractivity contribution in [2.24, 2.45) is 0 Å². The van der Waals surface area contributed by atoms with Crippen molar-refractivity contribution in [3.05, 3.63) is 12.2 Å². The molecule has 0 atom stereocenters. The third-order valence-corrected chi connectivity index (χ3v) is 2.23. The van der Waals surface area contributed by atoms with Gasteiger partial charge >= 0.3 is 5.97 Å². The van der Waals surface area contributed by atoms with Crippen LogP contribution in [0.2, 0.25) is 0 Å². The number of carbonyl (C=O) groups excluding carboxylic acids is 1. The van der Waals surface area contributed by atoms with Crippen LogP contribution >= 0.6 is 0 Å². The third-order valence-electron chi connectivity index (χ3n) is 2.23. The lowest BCUT2D eigenvalue weighted by Gasteiger charge is -2.06. The number of methoxy groups -OCH3 is 1. The predicted molar refractivity (Wildman–Crippen MR) is 73.1 cm³/mol. The Morgan fingerprint density at radius 1 is 0.895 bits per heavy atom. The zero-order chi connectivity index (χ0) is 14.3. The molecule has 5 nitrogen and oxygen atoms in total. The molecule has 0 saturated heterocycles. The molecule has 0 aromatic heterocycles. The Kier molecular flexibility index (Phi) is 12.9. The van der Waals surface area contributed by atoms with Crippen LogP contribution in [0.4, 0.5) is 0 Å². The van der Waals surface area contributed by atoms with Gasteiger partial charge in [-0.25, -0.2) is 4.79 Å². The number of ether oxygens (including phenoxy) is 4. The highest BCUT2D eigenvalue weighted by molar-refractivity contribution is 5.86. The molecule has 0 N–H and O–H groups in total. The van der Waals surface area contributed by atoms with Crippen LogP contribution in [-0.2, 0) is 23.7 Å². The van der Waals surface area contributed by atoms with E-state index < -0.39 is 0 Å². The number of carbonyl (C=O) groups is 1.